The summed E-state index contributed by atoms with van der Waals surface area (Å²) in [6, 6.07) is 5.11. The van der Waals surface area contributed by atoms with E-state index in [1.807, 2.05) is 0 Å². The van der Waals surface area contributed by atoms with Crippen molar-refractivity contribution in [3.63, 3.8) is 0 Å². The smallest absolute Gasteiger partial charge is 0.170 e. The summed E-state index contributed by atoms with van der Waals surface area (Å²) in [5, 5.41) is 0. The summed E-state index contributed by atoms with van der Waals surface area (Å²) in [7, 11) is 1.46. The molecule has 0 aromatic heterocycles. The summed E-state index contributed by atoms with van der Waals surface area (Å²) in [4.78, 5) is 0. The maximum atomic E-state index is 14.0. The fraction of sp³-hybridized carbons (Fsp3) is 0.600. The first kappa shape index (κ1) is 14.3. The molecule has 106 valence electrons. The third-order valence-corrected chi connectivity index (χ3v) is 3.93. The minimum absolute atomic E-state index is 0.250. The van der Waals surface area contributed by atoms with Gasteiger partial charge in [-0.05, 0) is 18.9 Å². The molecule has 0 bridgehead atoms. The normalized spacial score (nSPS) is 18.3. The lowest BCUT2D eigenvalue weighted by Crippen LogP contribution is -2.42. The van der Waals surface area contributed by atoms with E-state index in [2.05, 4.69) is 0 Å². The van der Waals surface area contributed by atoms with E-state index < -0.39 is 0 Å². The Hall–Kier alpha value is -1.13. The van der Waals surface area contributed by atoms with E-state index in [-0.39, 0.29) is 23.8 Å². The molecule has 0 radical (unpaired) electrons. The zero-order chi connectivity index (χ0) is 13.7. The van der Waals surface area contributed by atoms with Crippen LogP contribution in [0.15, 0.2) is 18.2 Å². The number of rotatable bonds is 5. The van der Waals surface area contributed by atoms with E-state index in [0.29, 0.717) is 12.1 Å². The molecule has 0 atom stereocenters. The van der Waals surface area contributed by atoms with Gasteiger partial charge in [0.1, 0.15) is 0 Å². The highest BCUT2D eigenvalue weighted by molar-refractivity contribution is 5.30. The largest absolute Gasteiger partial charge is 0.494 e. The molecule has 0 aliphatic heterocycles. The fourth-order valence-corrected chi connectivity index (χ4v) is 2.66. The minimum atomic E-state index is -0.340. The molecule has 1 aromatic rings. The van der Waals surface area contributed by atoms with Gasteiger partial charge in [-0.3, -0.25) is 0 Å². The molecule has 1 fully saturated rings. The van der Waals surface area contributed by atoms with Crippen LogP contribution >= 0.6 is 0 Å². The SMILES string of the molecule is COc1cccc(COC2(CN)CCCCC2)c1F. The molecular weight excluding hydrogens is 245 g/mol. The van der Waals surface area contributed by atoms with Crippen LogP contribution < -0.4 is 10.5 Å². The van der Waals surface area contributed by atoms with Crippen LogP contribution in [0.2, 0.25) is 0 Å². The van der Waals surface area contributed by atoms with Crippen LogP contribution in [0.3, 0.4) is 0 Å². The number of hydrogen-bond acceptors (Lipinski definition) is 3. The van der Waals surface area contributed by atoms with Gasteiger partial charge in [0.05, 0.1) is 19.3 Å². The van der Waals surface area contributed by atoms with Crippen LogP contribution in [0.25, 0.3) is 0 Å². The van der Waals surface area contributed by atoms with Crippen LogP contribution in [0.5, 0.6) is 5.75 Å². The highest BCUT2D eigenvalue weighted by Crippen LogP contribution is 2.32. The molecule has 0 saturated heterocycles. The number of ether oxygens (including phenoxy) is 2. The predicted octanol–water partition coefficient (Wildman–Crippen LogP) is 3.01. The third-order valence-electron chi connectivity index (χ3n) is 3.93. The number of methoxy groups -OCH3 is 1. The molecule has 0 amide bonds. The average molecular weight is 267 g/mol. The second-order valence-electron chi connectivity index (χ2n) is 5.17. The minimum Gasteiger partial charge on any atom is -0.494 e. The van der Waals surface area contributed by atoms with E-state index in [0.717, 1.165) is 25.7 Å². The number of benzene rings is 1. The molecule has 1 aliphatic rings. The summed E-state index contributed by atoms with van der Waals surface area (Å²) < 4.78 is 25.0. The lowest BCUT2D eigenvalue weighted by Gasteiger charge is -2.36. The summed E-state index contributed by atoms with van der Waals surface area (Å²) in [5.74, 6) is -0.0838. The second kappa shape index (κ2) is 6.35. The number of hydrogen-bond donors (Lipinski definition) is 1. The van der Waals surface area contributed by atoms with Gasteiger partial charge in [0.2, 0.25) is 0 Å². The van der Waals surface area contributed by atoms with E-state index >= 15 is 0 Å². The van der Waals surface area contributed by atoms with Gasteiger partial charge in [0.15, 0.2) is 11.6 Å². The van der Waals surface area contributed by atoms with Crippen molar-refractivity contribution < 1.29 is 13.9 Å². The molecule has 4 heteroatoms. The molecule has 19 heavy (non-hydrogen) atoms. The predicted molar refractivity (Wildman–Crippen MR) is 72.6 cm³/mol. The first-order valence-electron chi connectivity index (χ1n) is 6.86. The highest BCUT2D eigenvalue weighted by Gasteiger charge is 2.31. The van der Waals surface area contributed by atoms with Gasteiger partial charge < -0.3 is 15.2 Å². The van der Waals surface area contributed by atoms with E-state index in [1.54, 1.807) is 18.2 Å². The fourth-order valence-electron chi connectivity index (χ4n) is 2.66. The zero-order valence-electron chi connectivity index (χ0n) is 11.5. The molecule has 2 N–H and O–H groups in total. The molecule has 2 rings (SSSR count). The maximum Gasteiger partial charge on any atom is 0.170 e. The van der Waals surface area contributed by atoms with Gasteiger partial charge in [-0.15, -0.1) is 0 Å². The number of nitrogens with two attached hydrogens (primary N) is 1. The van der Waals surface area contributed by atoms with Crippen molar-refractivity contribution >= 4 is 0 Å². The summed E-state index contributed by atoms with van der Waals surface area (Å²) in [5.41, 5.74) is 6.11. The summed E-state index contributed by atoms with van der Waals surface area (Å²) in [6.07, 6.45) is 5.44. The molecule has 0 heterocycles. The van der Waals surface area contributed by atoms with Crippen molar-refractivity contribution in [2.75, 3.05) is 13.7 Å². The first-order chi connectivity index (χ1) is 9.21. The Kier molecular flexibility index (Phi) is 4.77. The van der Waals surface area contributed by atoms with Gasteiger partial charge in [-0.1, -0.05) is 31.4 Å². The van der Waals surface area contributed by atoms with Gasteiger partial charge in [0, 0.05) is 12.1 Å². The Balaban J connectivity index is 2.05. The van der Waals surface area contributed by atoms with Crippen molar-refractivity contribution in [3.05, 3.63) is 29.6 Å². The van der Waals surface area contributed by atoms with Crippen molar-refractivity contribution in [3.8, 4) is 5.75 Å². The molecule has 3 nitrogen and oxygen atoms in total. The van der Waals surface area contributed by atoms with Crippen molar-refractivity contribution in [2.24, 2.45) is 5.73 Å². The lowest BCUT2D eigenvalue weighted by molar-refractivity contribution is -0.0742. The van der Waals surface area contributed by atoms with Crippen LogP contribution in [-0.4, -0.2) is 19.3 Å². The van der Waals surface area contributed by atoms with Crippen molar-refractivity contribution in [1.29, 1.82) is 0 Å². The summed E-state index contributed by atoms with van der Waals surface area (Å²) >= 11 is 0. The van der Waals surface area contributed by atoms with Crippen LogP contribution in [0.4, 0.5) is 4.39 Å². The topological polar surface area (TPSA) is 44.5 Å². The first-order valence-corrected chi connectivity index (χ1v) is 6.86. The lowest BCUT2D eigenvalue weighted by atomic mass is 9.84. The molecule has 0 spiro atoms. The van der Waals surface area contributed by atoms with Gasteiger partial charge >= 0.3 is 0 Å². The van der Waals surface area contributed by atoms with Crippen LogP contribution in [-0.2, 0) is 11.3 Å². The standard InChI is InChI=1S/C15H22FNO2/c1-18-13-7-5-6-12(14(13)16)10-19-15(11-17)8-3-2-4-9-15/h5-7H,2-4,8-11,17H2,1H3. The Bertz CT molecular complexity index is 417. The second-order valence-corrected chi connectivity index (χ2v) is 5.17. The molecule has 1 saturated carbocycles. The molecule has 1 aromatic carbocycles. The quantitative estimate of drug-likeness (QED) is 0.892. The summed E-state index contributed by atoms with van der Waals surface area (Å²) in [6.45, 7) is 0.749. The zero-order valence-corrected chi connectivity index (χ0v) is 11.5. The monoisotopic (exact) mass is 267 g/mol. The molecule has 0 unspecified atom stereocenters. The molecular formula is C15H22FNO2. The van der Waals surface area contributed by atoms with Crippen molar-refractivity contribution in [2.45, 2.75) is 44.3 Å². The van der Waals surface area contributed by atoms with E-state index in [4.69, 9.17) is 15.2 Å². The Labute approximate surface area is 113 Å². The third kappa shape index (κ3) is 3.25. The Morgan fingerprint density at radius 2 is 2.00 bits per heavy atom. The van der Waals surface area contributed by atoms with E-state index in [9.17, 15) is 4.39 Å². The van der Waals surface area contributed by atoms with Crippen molar-refractivity contribution in [1.82, 2.24) is 0 Å². The van der Waals surface area contributed by atoms with Crippen LogP contribution in [0.1, 0.15) is 37.7 Å². The van der Waals surface area contributed by atoms with Gasteiger partial charge in [-0.25, -0.2) is 4.39 Å². The van der Waals surface area contributed by atoms with Crippen LogP contribution in [0, 0.1) is 5.82 Å². The van der Waals surface area contributed by atoms with E-state index in [1.165, 1.54) is 13.5 Å². The molecule has 1 aliphatic carbocycles. The average Bonchev–Trinajstić information content (AvgIpc) is 2.47. The Morgan fingerprint density at radius 3 is 2.63 bits per heavy atom. The highest BCUT2D eigenvalue weighted by atomic mass is 19.1. The Morgan fingerprint density at radius 1 is 1.26 bits per heavy atom. The number of halogens is 1. The van der Waals surface area contributed by atoms with Gasteiger partial charge in [0.25, 0.3) is 0 Å². The van der Waals surface area contributed by atoms with Gasteiger partial charge in [-0.2, -0.15) is 0 Å². The maximum absolute atomic E-state index is 14.0.